The molecule has 2 aromatic carbocycles. The molecule has 0 saturated heterocycles. The van der Waals surface area contributed by atoms with E-state index in [-0.39, 0.29) is 6.10 Å². The van der Waals surface area contributed by atoms with Crippen LogP contribution in [0.25, 0.3) is 0 Å². The van der Waals surface area contributed by atoms with E-state index in [0.29, 0.717) is 11.3 Å². The Morgan fingerprint density at radius 2 is 1.84 bits per heavy atom. The Morgan fingerprint density at radius 3 is 2.58 bits per heavy atom. The highest BCUT2D eigenvalue weighted by Crippen LogP contribution is 2.34. The number of aliphatic hydroxyl groups is 1. The van der Waals surface area contributed by atoms with E-state index in [1.165, 1.54) is 0 Å². The lowest BCUT2D eigenvalue weighted by molar-refractivity contribution is 0.180. The van der Waals surface area contributed by atoms with Gasteiger partial charge in [0.05, 0.1) is 17.7 Å². The Hall–Kier alpha value is -2.31. The highest BCUT2D eigenvalue weighted by molar-refractivity contribution is 5.42. The fraction of sp³-hybridized carbons (Fsp3) is 0.188. The van der Waals surface area contributed by atoms with E-state index in [1.807, 2.05) is 18.2 Å². The van der Waals surface area contributed by atoms with Gasteiger partial charge in [-0.05, 0) is 60.4 Å². The zero-order chi connectivity index (χ0) is 13.2. The molecule has 0 spiro atoms. The van der Waals surface area contributed by atoms with Crippen LogP contribution in [-0.2, 0) is 6.42 Å². The summed E-state index contributed by atoms with van der Waals surface area (Å²) >= 11 is 0. The molecule has 0 amide bonds. The summed E-state index contributed by atoms with van der Waals surface area (Å²) in [6.45, 7) is 0. The molecule has 0 fully saturated rings. The Bertz CT molecular complexity index is 641. The minimum absolute atomic E-state index is 0.334. The lowest BCUT2D eigenvalue weighted by Crippen LogP contribution is -1.91. The minimum atomic E-state index is -0.334. The topological polar surface area (TPSA) is 53.2 Å². The molecule has 0 aliphatic heterocycles. The molecule has 1 atom stereocenters. The van der Waals surface area contributed by atoms with Gasteiger partial charge in [0.15, 0.2) is 0 Å². The van der Waals surface area contributed by atoms with Crippen molar-refractivity contribution in [3.8, 4) is 17.6 Å². The lowest BCUT2D eigenvalue weighted by atomic mass is 10.1. The maximum atomic E-state index is 9.75. The van der Waals surface area contributed by atoms with Crippen molar-refractivity contribution in [3.05, 3.63) is 59.2 Å². The number of hydrogen-bond donors (Lipinski definition) is 1. The summed E-state index contributed by atoms with van der Waals surface area (Å²) < 4.78 is 5.75. The Balaban J connectivity index is 1.82. The molecule has 2 aromatic rings. The summed E-state index contributed by atoms with van der Waals surface area (Å²) in [5, 5.41) is 18.5. The van der Waals surface area contributed by atoms with Crippen LogP contribution in [0.15, 0.2) is 42.5 Å². The smallest absolute Gasteiger partial charge is 0.127 e. The van der Waals surface area contributed by atoms with Crippen molar-refractivity contribution in [3.63, 3.8) is 0 Å². The van der Waals surface area contributed by atoms with Gasteiger partial charge in [-0.25, -0.2) is 0 Å². The number of rotatable bonds is 2. The third-order valence-corrected chi connectivity index (χ3v) is 3.38. The molecule has 3 rings (SSSR count). The molecule has 1 aliphatic carbocycles. The van der Waals surface area contributed by atoms with Crippen molar-refractivity contribution in [2.75, 3.05) is 0 Å². The number of fused-ring (bicyclic) bond motifs is 1. The molecule has 1 N–H and O–H groups in total. The Labute approximate surface area is 111 Å². The Kier molecular flexibility index (Phi) is 2.94. The molecular weight excluding hydrogens is 238 g/mol. The zero-order valence-electron chi connectivity index (χ0n) is 10.3. The fourth-order valence-electron chi connectivity index (χ4n) is 2.37. The third kappa shape index (κ3) is 2.31. The zero-order valence-corrected chi connectivity index (χ0v) is 10.3. The summed E-state index contributed by atoms with van der Waals surface area (Å²) in [6.07, 6.45) is 1.34. The highest BCUT2D eigenvalue weighted by Gasteiger charge is 2.20. The second-order valence-electron chi connectivity index (χ2n) is 4.65. The van der Waals surface area contributed by atoms with Crippen molar-refractivity contribution in [1.82, 2.24) is 0 Å². The first kappa shape index (κ1) is 11.8. The molecule has 3 nitrogen and oxygen atoms in total. The minimum Gasteiger partial charge on any atom is -0.457 e. The summed E-state index contributed by atoms with van der Waals surface area (Å²) in [5.74, 6) is 1.47. The van der Waals surface area contributed by atoms with E-state index in [1.54, 1.807) is 24.3 Å². The van der Waals surface area contributed by atoms with Crippen molar-refractivity contribution in [1.29, 1.82) is 5.26 Å². The highest BCUT2D eigenvalue weighted by atomic mass is 16.5. The molecule has 19 heavy (non-hydrogen) atoms. The van der Waals surface area contributed by atoms with Gasteiger partial charge in [-0.2, -0.15) is 5.26 Å². The molecule has 1 aliphatic rings. The summed E-state index contributed by atoms with van der Waals surface area (Å²) in [7, 11) is 0. The fourth-order valence-corrected chi connectivity index (χ4v) is 2.37. The summed E-state index contributed by atoms with van der Waals surface area (Å²) in [4.78, 5) is 0. The van der Waals surface area contributed by atoms with Gasteiger partial charge in [0, 0.05) is 0 Å². The number of nitrogens with zero attached hydrogens (tertiary/aromatic N) is 1. The van der Waals surface area contributed by atoms with Crippen molar-refractivity contribution >= 4 is 0 Å². The first-order valence-corrected chi connectivity index (χ1v) is 6.25. The van der Waals surface area contributed by atoms with Crippen LogP contribution in [0.5, 0.6) is 11.5 Å². The Morgan fingerprint density at radius 1 is 1.11 bits per heavy atom. The molecule has 0 unspecified atom stereocenters. The van der Waals surface area contributed by atoms with Crippen molar-refractivity contribution < 1.29 is 9.84 Å². The number of aryl methyl sites for hydroxylation is 1. The molecule has 3 heteroatoms. The van der Waals surface area contributed by atoms with Crippen LogP contribution in [0, 0.1) is 11.3 Å². The number of nitriles is 1. The monoisotopic (exact) mass is 251 g/mol. The number of hydrogen-bond acceptors (Lipinski definition) is 3. The van der Waals surface area contributed by atoms with Gasteiger partial charge < -0.3 is 9.84 Å². The van der Waals surface area contributed by atoms with E-state index >= 15 is 0 Å². The van der Waals surface area contributed by atoms with Crippen LogP contribution < -0.4 is 4.74 Å². The molecule has 0 aromatic heterocycles. The maximum absolute atomic E-state index is 9.75. The molecule has 0 saturated carbocycles. The normalized spacial score (nSPS) is 16.7. The van der Waals surface area contributed by atoms with Crippen LogP contribution in [0.3, 0.4) is 0 Å². The average Bonchev–Trinajstić information content (AvgIpc) is 2.81. The first-order valence-electron chi connectivity index (χ1n) is 6.25. The quantitative estimate of drug-likeness (QED) is 0.890. The predicted octanol–water partition coefficient (Wildman–Crippen LogP) is 3.33. The molecule has 0 heterocycles. The summed E-state index contributed by atoms with van der Waals surface area (Å²) in [5.41, 5.74) is 2.77. The molecule has 94 valence electrons. The van der Waals surface area contributed by atoms with Crippen molar-refractivity contribution in [2.45, 2.75) is 18.9 Å². The van der Waals surface area contributed by atoms with E-state index in [2.05, 4.69) is 6.07 Å². The van der Waals surface area contributed by atoms with Gasteiger partial charge in [-0.15, -0.1) is 0 Å². The van der Waals surface area contributed by atoms with Crippen LogP contribution in [0.2, 0.25) is 0 Å². The van der Waals surface area contributed by atoms with Crippen molar-refractivity contribution in [2.24, 2.45) is 0 Å². The van der Waals surface area contributed by atoms with Gasteiger partial charge in [-0.1, -0.05) is 6.07 Å². The lowest BCUT2D eigenvalue weighted by Gasteiger charge is -2.08. The van der Waals surface area contributed by atoms with Gasteiger partial charge in [0.1, 0.15) is 11.5 Å². The summed E-state index contributed by atoms with van der Waals surface area (Å²) in [6, 6.07) is 14.9. The SMILES string of the molecule is N#Cc1ccc(Oc2ccc3c(c2)CC[C@@H]3O)cc1. The molecule has 0 bridgehead atoms. The van der Waals surface area contributed by atoms with Gasteiger partial charge >= 0.3 is 0 Å². The van der Waals surface area contributed by atoms with E-state index < -0.39 is 0 Å². The standard InChI is InChI=1S/C16H13NO2/c17-10-11-1-4-13(5-2-11)19-14-6-7-15-12(9-14)3-8-16(15)18/h1-2,4-7,9,16,18H,3,8H2/t16-/m0/s1. The largest absolute Gasteiger partial charge is 0.457 e. The second kappa shape index (κ2) is 4.75. The number of benzene rings is 2. The molecular formula is C16H13NO2. The van der Waals surface area contributed by atoms with E-state index in [9.17, 15) is 5.11 Å². The van der Waals surface area contributed by atoms with Crippen LogP contribution in [-0.4, -0.2) is 5.11 Å². The predicted molar refractivity (Wildman–Crippen MR) is 71.0 cm³/mol. The van der Waals surface area contributed by atoms with Crippen LogP contribution in [0.4, 0.5) is 0 Å². The van der Waals surface area contributed by atoms with Gasteiger partial charge in [-0.3, -0.25) is 0 Å². The van der Waals surface area contributed by atoms with Gasteiger partial charge in [0.25, 0.3) is 0 Å². The second-order valence-corrected chi connectivity index (χ2v) is 4.65. The van der Waals surface area contributed by atoms with Crippen LogP contribution in [0.1, 0.15) is 29.2 Å². The number of aliphatic hydroxyl groups excluding tert-OH is 1. The van der Waals surface area contributed by atoms with E-state index in [0.717, 1.165) is 29.7 Å². The first-order chi connectivity index (χ1) is 9.26. The molecule has 0 radical (unpaired) electrons. The van der Waals surface area contributed by atoms with E-state index in [4.69, 9.17) is 10.00 Å². The third-order valence-electron chi connectivity index (χ3n) is 3.38. The average molecular weight is 251 g/mol. The van der Waals surface area contributed by atoms with Gasteiger partial charge in [0.2, 0.25) is 0 Å². The van der Waals surface area contributed by atoms with Crippen LogP contribution >= 0.6 is 0 Å². The number of ether oxygens (including phenoxy) is 1. The maximum Gasteiger partial charge on any atom is 0.127 e.